The van der Waals surface area contributed by atoms with Crippen LogP contribution in [0.25, 0.3) is 10.8 Å². The first-order valence-electron chi connectivity index (χ1n) is 9.08. The third-order valence-corrected chi connectivity index (χ3v) is 4.20. The maximum atomic E-state index is 12.6. The quantitative estimate of drug-likeness (QED) is 0.633. The van der Waals surface area contributed by atoms with E-state index in [-0.39, 0.29) is 23.6 Å². The van der Waals surface area contributed by atoms with E-state index in [1.807, 2.05) is 13.0 Å². The van der Waals surface area contributed by atoms with Gasteiger partial charge in [0, 0.05) is 30.7 Å². The summed E-state index contributed by atoms with van der Waals surface area (Å²) in [5, 5.41) is 5.06. The van der Waals surface area contributed by atoms with Gasteiger partial charge >= 0.3 is 0 Å². The summed E-state index contributed by atoms with van der Waals surface area (Å²) in [6.07, 6.45) is 4.78. The van der Waals surface area contributed by atoms with Crippen molar-refractivity contribution in [3.05, 3.63) is 70.4 Å². The highest BCUT2D eigenvalue weighted by Crippen LogP contribution is 2.13. The summed E-state index contributed by atoms with van der Waals surface area (Å²) in [6, 6.07) is 10.5. The molecule has 0 atom stereocenters. The lowest BCUT2D eigenvalue weighted by molar-refractivity contribution is -0.121. The Morgan fingerprint density at radius 2 is 1.86 bits per heavy atom. The predicted octanol–water partition coefficient (Wildman–Crippen LogP) is 1.60. The average molecular weight is 379 g/mol. The average Bonchev–Trinajstić information content (AvgIpc) is 2.73. The smallest absolute Gasteiger partial charge is 0.273 e. The fourth-order valence-electron chi connectivity index (χ4n) is 2.82. The van der Waals surface area contributed by atoms with Crippen LogP contribution in [-0.2, 0) is 17.8 Å². The van der Waals surface area contributed by atoms with E-state index >= 15 is 0 Å². The van der Waals surface area contributed by atoms with Crippen LogP contribution in [0, 0.1) is 0 Å². The maximum Gasteiger partial charge on any atom is 0.290 e. The lowest BCUT2D eigenvalue weighted by Crippen LogP contribution is -2.42. The summed E-state index contributed by atoms with van der Waals surface area (Å²) in [7, 11) is 0. The minimum atomic E-state index is -0.573. The number of hydrogen-bond acceptors (Lipinski definition) is 5. The van der Waals surface area contributed by atoms with Crippen molar-refractivity contribution in [2.45, 2.75) is 32.7 Å². The number of rotatable bonds is 6. The topological polar surface area (TPSA) is 106 Å². The Labute approximate surface area is 161 Å². The van der Waals surface area contributed by atoms with Gasteiger partial charge in [-0.3, -0.25) is 30.2 Å². The molecule has 0 bridgehead atoms. The highest BCUT2D eigenvalue weighted by atomic mass is 16.2. The number of hydrogen-bond donors (Lipinski definition) is 2. The Morgan fingerprint density at radius 3 is 2.57 bits per heavy atom. The number of carbonyl (C=O) groups is 2. The van der Waals surface area contributed by atoms with Gasteiger partial charge in [-0.15, -0.1) is 0 Å². The monoisotopic (exact) mass is 379 g/mol. The van der Waals surface area contributed by atoms with Crippen LogP contribution >= 0.6 is 0 Å². The molecule has 3 aromatic rings. The van der Waals surface area contributed by atoms with Crippen molar-refractivity contribution >= 4 is 22.6 Å². The molecule has 0 aliphatic heterocycles. The molecular formula is C20H21N5O3. The van der Waals surface area contributed by atoms with Crippen LogP contribution < -0.4 is 16.4 Å². The summed E-state index contributed by atoms with van der Waals surface area (Å²) in [6.45, 7) is 2.33. The molecule has 2 N–H and O–H groups in total. The predicted molar refractivity (Wildman–Crippen MR) is 104 cm³/mol. The number of fused-ring (bicyclic) bond motifs is 1. The maximum absolute atomic E-state index is 12.6. The Kier molecular flexibility index (Phi) is 6.11. The standard InChI is InChI=1S/C20H21N5O3/c1-2-12-25-20(28)16-8-4-3-7-15(16)18(24-25)19(27)23-22-17(26)10-9-14-6-5-11-21-13-14/h3-8,11,13H,2,9-10,12H2,1H3,(H,22,26)(H,23,27). The Bertz CT molecular complexity index is 1050. The lowest BCUT2D eigenvalue weighted by atomic mass is 10.1. The van der Waals surface area contributed by atoms with Gasteiger partial charge in [0.05, 0.1) is 5.39 Å². The van der Waals surface area contributed by atoms with E-state index in [1.165, 1.54) is 4.68 Å². The number of aromatic nitrogens is 3. The van der Waals surface area contributed by atoms with Gasteiger partial charge in [0.1, 0.15) is 0 Å². The van der Waals surface area contributed by atoms with Gasteiger partial charge in [-0.1, -0.05) is 31.2 Å². The first kappa shape index (κ1) is 19.2. The van der Waals surface area contributed by atoms with Crippen LogP contribution in [0.1, 0.15) is 35.8 Å². The minimum Gasteiger partial charge on any atom is -0.273 e. The summed E-state index contributed by atoms with van der Waals surface area (Å²) in [4.78, 5) is 41.1. The van der Waals surface area contributed by atoms with Crippen LogP contribution in [0.3, 0.4) is 0 Å². The Hall–Kier alpha value is -3.55. The number of nitrogens with zero attached hydrogens (tertiary/aromatic N) is 3. The highest BCUT2D eigenvalue weighted by Gasteiger charge is 2.17. The van der Waals surface area contributed by atoms with Gasteiger partial charge < -0.3 is 0 Å². The molecule has 8 heteroatoms. The number of hydrazine groups is 1. The van der Waals surface area contributed by atoms with Gasteiger partial charge in [0.2, 0.25) is 5.91 Å². The molecule has 0 aliphatic carbocycles. The first-order valence-corrected chi connectivity index (χ1v) is 9.08. The van der Waals surface area contributed by atoms with E-state index in [1.54, 1.807) is 42.7 Å². The third kappa shape index (κ3) is 4.40. The molecule has 28 heavy (non-hydrogen) atoms. The van der Waals surface area contributed by atoms with Crippen molar-refractivity contribution in [1.29, 1.82) is 0 Å². The molecule has 0 spiro atoms. The van der Waals surface area contributed by atoms with Gasteiger partial charge in [-0.2, -0.15) is 5.10 Å². The number of amides is 2. The Balaban J connectivity index is 1.71. The van der Waals surface area contributed by atoms with Gasteiger partial charge in [-0.05, 0) is 30.5 Å². The van der Waals surface area contributed by atoms with Crippen molar-refractivity contribution in [3.8, 4) is 0 Å². The summed E-state index contributed by atoms with van der Waals surface area (Å²) in [5.41, 5.74) is 5.57. The fraction of sp³-hybridized carbons (Fsp3) is 0.250. The molecule has 2 amide bonds. The molecule has 0 aliphatic rings. The number of nitrogens with one attached hydrogen (secondary N) is 2. The molecule has 0 saturated carbocycles. The molecule has 0 saturated heterocycles. The van der Waals surface area contributed by atoms with E-state index in [2.05, 4.69) is 20.9 Å². The minimum absolute atomic E-state index is 0.0937. The molecule has 0 radical (unpaired) electrons. The van der Waals surface area contributed by atoms with Gasteiger partial charge in [0.25, 0.3) is 11.5 Å². The van der Waals surface area contributed by atoms with Crippen LogP contribution in [-0.4, -0.2) is 26.6 Å². The van der Waals surface area contributed by atoms with Gasteiger partial charge in [0.15, 0.2) is 5.69 Å². The second-order valence-corrected chi connectivity index (χ2v) is 6.29. The molecular weight excluding hydrogens is 358 g/mol. The molecule has 0 fully saturated rings. The van der Waals surface area contributed by atoms with Crippen molar-refractivity contribution in [1.82, 2.24) is 25.6 Å². The second kappa shape index (κ2) is 8.90. The molecule has 2 aromatic heterocycles. The highest BCUT2D eigenvalue weighted by molar-refractivity contribution is 6.05. The van der Waals surface area contributed by atoms with E-state index in [9.17, 15) is 14.4 Å². The second-order valence-electron chi connectivity index (χ2n) is 6.29. The third-order valence-electron chi connectivity index (χ3n) is 4.20. The van der Waals surface area contributed by atoms with Crippen molar-refractivity contribution < 1.29 is 9.59 Å². The molecule has 0 unspecified atom stereocenters. The number of carbonyl (C=O) groups excluding carboxylic acids is 2. The number of pyridine rings is 1. The SMILES string of the molecule is CCCn1nc(C(=O)NNC(=O)CCc2cccnc2)c2ccccc2c1=O. The molecule has 3 rings (SSSR count). The summed E-state index contributed by atoms with van der Waals surface area (Å²) >= 11 is 0. The van der Waals surface area contributed by atoms with E-state index in [4.69, 9.17) is 0 Å². The number of benzene rings is 1. The van der Waals surface area contributed by atoms with E-state index in [0.29, 0.717) is 30.2 Å². The van der Waals surface area contributed by atoms with Crippen LogP contribution in [0.15, 0.2) is 53.6 Å². The van der Waals surface area contributed by atoms with Gasteiger partial charge in [-0.25, -0.2) is 4.68 Å². The zero-order valence-corrected chi connectivity index (χ0v) is 15.5. The first-order chi connectivity index (χ1) is 13.6. The van der Waals surface area contributed by atoms with Crippen molar-refractivity contribution in [3.63, 3.8) is 0 Å². The summed E-state index contributed by atoms with van der Waals surface area (Å²) in [5.74, 6) is -0.904. The van der Waals surface area contributed by atoms with E-state index in [0.717, 1.165) is 5.56 Å². The molecule has 2 heterocycles. The van der Waals surface area contributed by atoms with Crippen LogP contribution in [0.2, 0.25) is 0 Å². The largest absolute Gasteiger partial charge is 0.290 e. The van der Waals surface area contributed by atoms with Crippen molar-refractivity contribution in [2.75, 3.05) is 0 Å². The molecule has 144 valence electrons. The lowest BCUT2D eigenvalue weighted by Gasteiger charge is -2.11. The molecule has 1 aromatic carbocycles. The normalized spacial score (nSPS) is 10.6. The van der Waals surface area contributed by atoms with Crippen LogP contribution in [0.5, 0.6) is 0 Å². The van der Waals surface area contributed by atoms with E-state index < -0.39 is 5.91 Å². The Morgan fingerprint density at radius 1 is 1.07 bits per heavy atom. The zero-order chi connectivity index (χ0) is 19.9. The number of aryl methyl sites for hydroxylation is 2. The van der Waals surface area contributed by atoms with Crippen LogP contribution in [0.4, 0.5) is 0 Å². The summed E-state index contributed by atoms with van der Waals surface area (Å²) < 4.78 is 1.28. The zero-order valence-electron chi connectivity index (χ0n) is 15.5. The fourth-order valence-corrected chi connectivity index (χ4v) is 2.82. The van der Waals surface area contributed by atoms with Crippen molar-refractivity contribution in [2.24, 2.45) is 0 Å². The molecule has 8 nitrogen and oxygen atoms in total.